The molecule has 4 rings (SSSR count). The van der Waals surface area contributed by atoms with Crippen molar-refractivity contribution >= 4 is 57.8 Å². The molecular weight excluding hydrogens is 536 g/mol. The summed E-state index contributed by atoms with van der Waals surface area (Å²) in [5, 5.41) is 11.7. The lowest BCUT2D eigenvalue weighted by Crippen LogP contribution is -2.31. The van der Waals surface area contributed by atoms with E-state index < -0.39 is 29.4 Å². The normalized spacial score (nSPS) is 14.2. The number of carboxylic acids is 1. The van der Waals surface area contributed by atoms with Gasteiger partial charge in [0.2, 0.25) is 5.91 Å². The molecule has 1 aliphatic heterocycles. The van der Waals surface area contributed by atoms with Crippen molar-refractivity contribution in [2.45, 2.75) is 6.42 Å². The number of carboxylic acid groups (broad SMARTS) is 1. The summed E-state index contributed by atoms with van der Waals surface area (Å²) in [5.74, 6) is -3.71. The van der Waals surface area contributed by atoms with Crippen molar-refractivity contribution in [3.63, 3.8) is 0 Å². The summed E-state index contributed by atoms with van der Waals surface area (Å²) in [6, 6.07) is 12.5. The summed E-state index contributed by atoms with van der Waals surface area (Å²) in [7, 11) is 1.35. The summed E-state index contributed by atoms with van der Waals surface area (Å²) in [6.07, 6.45) is 1.46. The van der Waals surface area contributed by atoms with Gasteiger partial charge in [-0.25, -0.2) is 18.6 Å². The van der Waals surface area contributed by atoms with Crippen LogP contribution in [-0.2, 0) is 9.59 Å². The van der Waals surface area contributed by atoms with Gasteiger partial charge in [0, 0.05) is 18.5 Å². The van der Waals surface area contributed by atoms with Crippen molar-refractivity contribution in [3.05, 3.63) is 82.4 Å². The van der Waals surface area contributed by atoms with E-state index in [1.807, 2.05) is 0 Å². The number of amides is 2. The molecule has 1 aliphatic rings. The average molecular weight is 556 g/mol. The van der Waals surface area contributed by atoms with E-state index in [1.165, 1.54) is 42.4 Å². The Bertz CT molecular complexity index is 1500. The number of thioether (sulfide) groups is 1. The molecule has 0 bridgehead atoms. The van der Waals surface area contributed by atoms with Crippen LogP contribution in [0.25, 0.3) is 17.3 Å². The van der Waals surface area contributed by atoms with E-state index >= 15 is 0 Å². The van der Waals surface area contributed by atoms with Crippen molar-refractivity contribution in [3.8, 4) is 17.0 Å². The van der Waals surface area contributed by atoms with Crippen molar-refractivity contribution in [1.82, 2.24) is 9.88 Å². The van der Waals surface area contributed by atoms with E-state index in [1.54, 1.807) is 18.2 Å². The highest BCUT2D eigenvalue weighted by molar-refractivity contribution is 8.26. The number of rotatable bonds is 8. The number of methoxy groups -OCH3 is 1. The second kappa shape index (κ2) is 11.5. The van der Waals surface area contributed by atoms with Crippen molar-refractivity contribution < 1.29 is 33.0 Å². The number of carbonyl (C=O) groups excluding carboxylic acids is 2. The molecule has 2 heterocycles. The smallest absolute Gasteiger partial charge is 0.335 e. The minimum absolute atomic E-state index is 0.00839. The van der Waals surface area contributed by atoms with Crippen LogP contribution in [0.3, 0.4) is 0 Å². The molecule has 2 N–H and O–H groups in total. The van der Waals surface area contributed by atoms with Crippen molar-refractivity contribution in [1.29, 1.82) is 0 Å². The highest BCUT2D eigenvalue weighted by Gasteiger charge is 2.32. The van der Waals surface area contributed by atoms with Gasteiger partial charge in [-0.3, -0.25) is 14.5 Å². The first-order chi connectivity index (χ1) is 18.2. The number of ether oxygens (including phenoxy) is 1. The Morgan fingerprint density at radius 1 is 1.16 bits per heavy atom. The maximum atomic E-state index is 13.6. The predicted octanol–water partition coefficient (Wildman–Crippen LogP) is 4.96. The number of pyridine rings is 1. The maximum Gasteiger partial charge on any atom is 0.335 e. The molecule has 1 saturated heterocycles. The lowest BCUT2D eigenvalue weighted by Gasteiger charge is -2.15. The van der Waals surface area contributed by atoms with Gasteiger partial charge >= 0.3 is 5.97 Å². The molecular formula is C26H19F2N3O5S2. The molecule has 3 aromatic rings. The van der Waals surface area contributed by atoms with E-state index in [0.717, 1.165) is 23.9 Å². The molecule has 0 unspecified atom stereocenters. The number of hydrogen-bond donors (Lipinski definition) is 2. The first kappa shape index (κ1) is 26.9. The number of hydrogen-bond acceptors (Lipinski definition) is 7. The fourth-order valence-corrected chi connectivity index (χ4v) is 4.82. The Morgan fingerprint density at radius 3 is 2.66 bits per heavy atom. The quantitative estimate of drug-likeness (QED) is 0.297. The Balaban J connectivity index is 1.42. The van der Waals surface area contributed by atoms with Crippen LogP contribution in [0.5, 0.6) is 5.75 Å². The Hall–Kier alpha value is -4.16. The van der Waals surface area contributed by atoms with Gasteiger partial charge in [0.1, 0.15) is 10.1 Å². The van der Waals surface area contributed by atoms with Crippen LogP contribution in [-0.4, -0.2) is 50.7 Å². The first-order valence-corrected chi connectivity index (χ1v) is 12.3. The zero-order chi connectivity index (χ0) is 27.4. The highest BCUT2D eigenvalue weighted by Crippen LogP contribution is 2.33. The molecule has 2 aromatic carbocycles. The van der Waals surface area contributed by atoms with Crippen LogP contribution in [0.1, 0.15) is 22.5 Å². The van der Waals surface area contributed by atoms with Gasteiger partial charge in [0.05, 0.1) is 34.7 Å². The van der Waals surface area contributed by atoms with E-state index in [2.05, 4.69) is 10.3 Å². The van der Waals surface area contributed by atoms with Gasteiger partial charge in [-0.2, -0.15) is 0 Å². The van der Waals surface area contributed by atoms with Gasteiger partial charge in [-0.1, -0.05) is 30.0 Å². The molecule has 12 heteroatoms. The number of anilines is 1. The zero-order valence-electron chi connectivity index (χ0n) is 19.7. The van der Waals surface area contributed by atoms with Gasteiger partial charge in [-0.05, 0) is 54.6 Å². The second-order valence-electron chi connectivity index (χ2n) is 7.93. The van der Waals surface area contributed by atoms with Gasteiger partial charge in [-0.15, -0.1) is 0 Å². The number of benzene rings is 2. The Labute approximate surface area is 225 Å². The minimum Gasteiger partial charge on any atom is -0.495 e. The summed E-state index contributed by atoms with van der Waals surface area (Å²) < 4.78 is 32.3. The second-order valence-corrected chi connectivity index (χ2v) is 9.60. The predicted molar refractivity (Wildman–Crippen MR) is 143 cm³/mol. The standard InChI is InChI=1S/C26H19F2N3O5S2/c1-36-21-12-15(25(34)35)6-8-20(21)30-23(32)9-10-31-24(33)22(38-26(31)37)13-16-3-2-4-19(29-16)14-5-7-17(27)18(28)11-14/h2-8,11-13H,9-10H2,1H3,(H,30,32)(H,34,35). The van der Waals surface area contributed by atoms with E-state index in [-0.39, 0.29) is 28.6 Å². The summed E-state index contributed by atoms with van der Waals surface area (Å²) in [5.41, 5.74) is 1.50. The lowest BCUT2D eigenvalue weighted by molar-refractivity contribution is -0.122. The minimum atomic E-state index is -1.13. The van der Waals surface area contributed by atoms with E-state index in [9.17, 15) is 23.2 Å². The third-order valence-electron chi connectivity index (χ3n) is 5.42. The molecule has 38 heavy (non-hydrogen) atoms. The van der Waals surface area contributed by atoms with Crippen LogP contribution in [0.15, 0.2) is 59.5 Å². The number of nitrogens with one attached hydrogen (secondary N) is 1. The van der Waals surface area contributed by atoms with Gasteiger partial charge < -0.3 is 15.2 Å². The largest absolute Gasteiger partial charge is 0.495 e. The van der Waals surface area contributed by atoms with Crippen LogP contribution in [0.4, 0.5) is 14.5 Å². The Morgan fingerprint density at radius 2 is 1.95 bits per heavy atom. The molecule has 0 spiro atoms. The van der Waals surface area contributed by atoms with Gasteiger partial charge in [0.25, 0.3) is 5.91 Å². The van der Waals surface area contributed by atoms with E-state index in [4.69, 9.17) is 22.1 Å². The SMILES string of the molecule is COc1cc(C(=O)O)ccc1NC(=O)CCN1C(=O)C(=Cc2cccc(-c3ccc(F)c(F)c3)n2)SC1=S. The number of halogens is 2. The number of aromatic carboxylic acids is 1. The molecule has 8 nitrogen and oxygen atoms in total. The lowest BCUT2D eigenvalue weighted by atomic mass is 10.1. The number of nitrogens with zero attached hydrogens (tertiary/aromatic N) is 2. The average Bonchev–Trinajstić information content (AvgIpc) is 3.16. The molecule has 1 fully saturated rings. The van der Waals surface area contributed by atoms with E-state index in [0.29, 0.717) is 27.5 Å². The number of aromatic nitrogens is 1. The fraction of sp³-hybridized carbons (Fsp3) is 0.115. The molecule has 0 radical (unpaired) electrons. The molecule has 194 valence electrons. The van der Waals surface area contributed by atoms with Crippen LogP contribution in [0.2, 0.25) is 0 Å². The van der Waals surface area contributed by atoms with Crippen LogP contribution in [0, 0.1) is 11.6 Å². The molecule has 0 aliphatic carbocycles. The molecule has 0 atom stereocenters. The summed E-state index contributed by atoms with van der Waals surface area (Å²) in [4.78, 5) is 42.6. The maximum absolute atomic E-state index is 13.6. The summed E-state index contributed by atoms with van der Waals surface area (Å²) >= 11 is 6.38. The van der Waals surface area contributed by atoms with Crippen molar-refractivity contribution in [2.24, 2.45) is 0 Å². The van der Waals surface area contributed by atoms with Gasteiger partial charge in [0.15, 0.2) is 11.6 Å². The van der Waals surface area contributed by atoms with Crippen LogP contribution >= 0.6 is 24.0 Å². The summed E-state index contributed by atoms with van der Waals surface area (Å²) in [6.45, 7) is 0.0195. The molecule has 0 saturated carbocycles. The Kier molecular flexibility index (Phi) is 8.13. The highest BCUT2D eigenvalue weighted by atomic mass is 32.2. The third kappa shape index (κ3) is 6.03. The molecule has 2 amide bonds. The third-order valence-corrected chi connectivity index (χ3v) is 6.80. The zero-order valence-corrected chi connectivity index (χ0v) is 21.4. The van der Waals surface area contributed by atoms with Crippen LogP contribution < -0.4 is 10.1 Å². The monoisotopic (exact) mass is 555 g/mol. The van der Waals surface area contributed by atoms with Crippen molar-refractivity contribution in [2.75, 3.05) is 19.0 Å². The fourth-order valence-electron chi connectivity index (χ4n) is 3.53. The number of thiocarbonyl (C=S) groups is 1. The molecule has 1 aromatic heterocycles. The first-order valence-electron chi connectivity index (χ1n) is 11.1. The topological polar surface area (TPSA) is 109 Å². The number of carbonyl (C=O) groups is 3.